The summed E-state index contributed by atoms with van der Waals surface area (Å²) in [6, 6.07) is 5.13. The van der Waals surface area contributed by atoms with Crippen LogP contribution in [0.1, 0.15) is 21.9 Å². The average Bonchev–Trinajstić information content (AvgIpc) is 2.70. The smallest absolute Gasteiger partial charge is 0.371 e. The topological polar surface area (TPSA) is 63.3 Å². The van der Waals surface area contributed by atoms with Crippen LogP contribution < -0.4 is 0 Å². The number of furan rings is 1. The molecular formula is C12H10ClNO3S. The minimum atomic E-state index is -1.06. The lowest BCUT2D eigenvalue weighted by molar-refractivity contribution is 0.0661. The Labute approximate surface area is 113 Å². The third-order valence-corrected chi connectivity index (χ3v) is 3.52. The van der Waals surface area contributed by atoms with E-state index >= 15 is 0 Å². The van der Waals surface area contributed by atoms with E-state index < -0.39 is 5.97 Å². The summed E-state index contributed by atoms with van der Waals surface area (Å²) in [6.07, 6.45) is 1.58. The molecule has 0 unspecified atom stereocenters. The van der Waals surface area contributed by atoms with Crippen LogP contribution in [0.4, 0.5) is 0 Å². The molecule has 0 spiro atoms. The van der Waals surface area contributed by atoms with E-state index in [0.29, 0.717) is 16.5 Å². The van der Waals surface area contributed by atoms with E-state index in [-0.39, 0.29) is 5.76 Å². The van der Waals surface area contributed by atoms with E-state index in [1.54, 1.807) is 25.3 Å². The van der Waals surface area contributed by atoms with Crippen molar-refractivity contribution in [3.05, 3.63) is 46.5 Å². The number of hydrogen-bond acceptors (Lipinski definition) is 4. The van der Waals surface area contributed by atoms with Gasteiger partial charge in [-0.3, -0.25) is 0 Å². The van der Waals surface area contributed by atoms with Crippen molar-refractivity contribution >= 4 is 29.3 Å². The van der Waals surface area contributed by atoms with Crippen molar-refractivity contribution in [1.82, 2.24) is 4.98 Å². The number of carboxylic acids is 1. The third-order valence-electron chi connectivity index (χ3n) is 2.31. The number of aromatic nitrogens is 1. The molecule has 0 aliphatic heterocycles. The van der Waals surface area contributed by atoms with Crippen LogP contribution in [0.15, 0.2) is 33.8 Å². The lowest BCUT2D eigenvalue weighted by Crippen LogP contribution is -1.91. The van der Waals surface area contributed by atoms with E-state index in [9.17, 15) is 4.79 Å². The fourth-order valence-corrected chi connectivity index (χ4v) is 2.36. The summed E-state index contributed by atoms with van der Waals surface area (Å²) in [5.41, 5.74) is 0.856. The predicted molar refractivity (Wildman–Crippen MR) is 69.2 cm³/mol. The quantitative estimate of drug-likeness (QED) is 0.868. The van der Waals surface area contributed by atoms with Gasteiger partial charge < -0.3 is 9.52 Å². The molecule has 4 nitrogen and oxygen atoms in total. The molecule has 6 heteroatoms. The number of carbonyl (C=O) groups is 1. The van der Waals surface area contributed by atoms with Gasteiger partial charge in [0.05, 0.1) is 10.0 Å². The Hall–Kier alpha value is -1.46. The molecule has 0 aromatic carbocycles. The number of pyridine rings is 1. The van der Waals surface area contributed by atoms with Crippen molar-refractivity contribution in [2.24, 2.45) is 0 Å². The summed E-state index contributed by atoms with van der Waals surface area (Å²) in [7, 11) is 0. The summed E-state index contributed by atoms with van der Waals surface area (Å²) in [4.78, 5) is 14.9. The number of rotatable bonds is 4. The number of nitrogens with zero attached hydrogens (tertiary/aromatic N) is 1. The van der Waals surface area contributed by atoms with Gasteiger partial charge in [-0.1, -0.05) is 11.6 Å². The van der Waals surface area contributed by atoms with Gasteiger partial charge >= 0.3 is 5.97 Å². The Morgan fingerprint density at radius 1 is 1.56 bits per heavy atom. The molecule has 0 saturated carbocycles. The molecule has 0 amide bonds. The van der Waals surface area contributed by atoms with Crippen molar-refractivity contribution in [3.8, 4) is 0 Å². The monoisotopic (exact) mass is 283 g/mol. The summed E-state index contributed by atoms with van der Waals surface area (Å²) in [6.45, 7) is 1.75. The van der Waals surface area contributed by atoms with Crippen LogP contribution >= 0.6 is 23.4 Å². The van der Waals surface area contributed by atoms with Crippen LogP contribution in [0.5, 0.6) is 0 Å². The van der Waals surface area contributed by atoms with Gasteiger partial charge in [-0.2, -0.15) is 0 Å². The van der Waals surface area contributed by atoms with E-state index in [1.165, 1.54) is 11.8 Å². The Bertz CT molecular complexity index is 565. The maximum absolute atomic E-state index is 10.8. The average molecular weight is 284 g/mol. The molecule has 0 aliphatic carbocycles. The van der Waals surface area contributed by atoms with Gasteiger partial charge in [0.15, 0.2) is 0 Å². The van der Waals surface area contributed by atoms with Crippen LogP contribution in [-0.2, 0) is 5.75 Å². The number of hydrogen-bond donors (Lipinski definition) is 1. The molecule has 0 radical (unpaired) electrons. The van der Waals surface area contributed by atoms with Crippen LogP contribution in [0.2, 0.25) is 5.02 Å². The highest BCUT2D eigenvalue weighted by Gasteiger charge is 2.13. The van der Waals surface area contributed by atoms with E-state index in [4.69, 9.17) is 21.1 Å². The highest BCUT2D eigenvalue weighted by Crippen LogP contribution is 2.25. The Balaban J connectivity index is 2.06. The highest BCUT2D eigenvalue weighted by atomic mass is 35.5. The fourth-order valence-electron chi connectivity index (χ4n) is 1.37. The van der Waals surface area contributed by atoms with Crippen LogP contribution in [-0.4, -0.2) is 16.1 Å². The molecule has 2 aromatic heterocycles. The minimum absolute atomic E-state index is 0.0350. The normalized spacial score (nSPS) is 10.6. The van der Waals surface area contributed by atoms with Crippen LogP contribution in [0.3, 0.4) is 0 Å². The zero-order chi connectivity index (χ0) is 13.1. The van der Waals surface area contributed by atoms with Gasteiger partial charge in [0.2, 0.25) is 5.76 Å². The van der Waals surface area contributed by atoms with Crippen molar-refractivity contribution in [1.29, 1.82) is 0 Å². The number of aryl methyl sites for hydroxylation is 1. The summed E-state index contributed by atoms with van der Waals surface area (Å²) in [5, 5.41) is 10.2. The molecule has 94 valence electrons. The van der Waals surface area contributed by atoms with E-state index in [1.807, 2.05) is 6.07 Å². The lowest BCUT2D eigenvalue weighted by atomic mass is 10.3. The first-order chi connectivity index (χ1) is 8.56. The zero-order valence-corrected chi connectivity index (χ0v) is 11.1. The molecular weight excluding hydrogens is 274 g/mol. The fraction of sp³-hybridized carbons (Fsp3) is 0.167. The Morgan fingerprint density at radius 3 is 2.89 bits per heavy atom. The molecule has 0 atom stereocenters. The van der Waals surface area contributed by atoms with Crippen LogP contribution in [0, 0.1) is 6.92 Å². The number of carboxylic acid groups (broad SMARTS) is 1. The molecule has 2 rings (SSSR count). The van der Waals surface area contributed by atoms with Gasteiger partial charge in [-0.05, 0) is 25.1 Å². The first-order valence-corrected chi connectivity index (χ1v) is 6.49. The largest absolute Gasteiger partial charge is 0.475 e. The maximum atomic E-state index is 10.8. The van der Waals surface area contributed by atoms with Gasteiger partial charge in [0.1, 0.15) is 5.76 Å². The second-order valence-corrected chi connectivity index (χ2v) is 5.03. The van der Waals surface area contributed by atoms with Crippen molar-refractivity contribution in [2.75, 3.05) is 0 Å². The van der Waals surface area contributed by atoms with E-state index in [0.717, 1.165) is 10.6 Å². The third kappa shape index (κ3) is 3.05. The van der Waals surface area contributed by atoms with E-state index in [2.05, 4.69) is 4.98 Å². The Kier molecular flexibility index (Phi) is 3.93. The molecule has 0 fully saturated rings. The predicted octanol–water partition coefficient (Wildman–Crippen LogP) is 3.63. The van der Waals surface area contributed by atoms with Crippen molar-refractivity contribution < 1.29 is 14.3 Å². The van der Waals surface area contributed by atoms with Gasteiger partial charge in [-0.15, -0.1) is 11.8 Å². The Morgan fingerprint density at radius 2 is 2.33 bits per heavy atom. The molecule has 0 bridgehead atoms. The molecule has 1 N–H and O–H groups in total. The summed E-state index contributed by atoms with van der Waals surface area (Å²) >= 11 is 7.24. The molecule has 0 saturated heterocycles. The first-order valence-electron chi connectivity index (χ1n) is 5.13. The molecule has 18 heavy (non-hydrogen) atoms. The summed E-state index contributed by atoms with van der Waals surface area (Å²) < 4.78 is 5.13. The molecule has 2 aromatic rings. The minimum Gasteiger partial charge on any atom is -0.475 e. The van der Waals surface area contributed by atoms with Crippen molar-refractivity contribution in [2.45, 2.75) is 17.7 Å². The molecule has 2 heterocycles. The number of aromatic carboxylic acids is 1. The maximum Gasteiger partial charge on any atom is 0.371 e. The number of halogens is 1. The lowest BCUT2D eigenvalue weighted by Gasteiger charge is -1.99. The zero-order valence-electron chi connectivity index (χ0n) is 9.51. The van der Waals surface area contributed by atoms with Gasteiger partial charge in [0, 0.05) is 17.5 Å². The van der Waals surface area contributed by atoms with Gasteiger partial charge in [-0.25, -0.2) is 9.78 Å². The standard InChI is InChI=1S/C12H10ClNO3S/c1-7-8(4-10(17-7)12(15)16)6-18-11-3-2-9(13)5-14-11/h2-5H,6H2,1H3,(H,15,16). The van der Waals surface area contributed by atoms with Crippen LogP contribution in [0.25, 0.3) is 0 Å². The molecule has 0 aliphatic rings. The SMILES string of the molecule is Cc1oc(C(=O)O)cc1CSc1ccc(Cl)cn1. The number of thioether (sulfide) groups is 1. The highest BCUT2D eigenvalue weighted by molar-refractivity contribution is 7.98. The second kappa shape index (κ2) is 5.46. The second-order valence-electron chi connectivity index (χ2n) is 3.60. The first kappa shape index (κ1) is 13.0. The van der Waals surface area contributed by atoms with Crippen molar-refractivity contribution in [3.63, 3.8) is 0 Å². The van der Waals surface area contributed by atoms with Gasteiger partial charge in [0.25, 0.3) is 0 Å². The summed E-state index contributed by atoms with van der Waals surface area (Å²) in [5.74, 6) is 0.136.